The van der Waals surface area contributed by atoms with E-state index in [1.54, 1.807) is 12.1 Å². The van der Waals surface area contributed by atoms with E-state index < -0.39 is 15.9 Å². The molecule has 1 amide bonds. The molecule has 1 aliphatic heterocycles. The smallest absolute Gasteiger partial charge is 0.280 e. The zero-order chi connectivity index (χ0) is 29.9. The van der Waals surface area contributed by atoms with Gasteiger partial charge in [-0.3, -0.25) is 4.79 Å². The first-order valence-electron chi connectivity index (χ1n) is 13.0. The molecule has 0 spiro atoms. The van der Waals surface area contributed by atoms with Crippen LogP contribution in [0.3, 0.4) is 0 Å². The lowest BCUT2D eigenvalue weighted by Crippen LogP contribution is -2.40. The molecular weight excluding hydrogens is 580 g/mol. The zero-order valence-corrected chi connectivity index (χ0v) is 25.2. The number of amides is 1. The van der Waals surface area contributed by atoms with Gasteiger partial charge in [0.2, 0.25) is 20.9 Å². The van der Waals surface area contributed by atoms with E-state index in [0.717, 1.165) is 15.8 Å². The third-order valence-corrected chi connectivity index (χ3v) is 9.53. The van der Waals surface area contributed by atoms with Crippen LogP contribution in [0.15, 0.2) is 64.6 Å². The first-order valence-corrected chi connectivity index (χ1v) is 15.2. The van der Waals surface area contributed by atoms with E-state index in [-0.39, 0.29) is 23.5 Å². The highest BCUT2D eigenvalue weighted by atomic mass is 32.2. The number of methoxy groups -OCH3 is 3. The van der Waals surface area contributed by atoms with Crippen LogP contribution in [-0.2, 0) is 14.8 Å². The van der Waals surface area contributed by atoms with Crippen molar-refractivity contribution in [1.82, 2.24) is 9.29 Å². The highest BCUT2D eigenvalue weighted by Gasteiger charge is 2.27. The molecule has 1 fully saturated rings. The highest BCUT2D eigenvalue weighted by molar-refractivity contribution is 7.89. The fourth-order valence-corrected chi connectivity index (χ4v) is 6.86. The Morgan fingerprint density at radius 3 is 2.29 bits per heavy atom. The molecule has 0 saturated carbocycles. The Hall–Kier alpha value is -4.04. The molecule has 1 aromatic heterocycles. The molecule has 2 heterocycles. The third-order valence-electron chi connectivity index (χ3n) is 6.62. The van der Waals surface area contributed by atoms with Crippen molar-refractivity contribution in [2.75, 3.05) is 52.6 Å². The van der Waals surface area contributed by atoms with E-state index in [4.69, 9.17) is 18.9 Å². The predicted octanol–water partition coefficient (Wildman–Crippen LogP) is 4.33. The molecule has 4 aromatic rings. The van der Waals surface area contributed by atoms with Gasteiger partial charge in [-0.05, 0) is 61.0 Å². The largest absolute Gasteiger partial charge is 0.493 e. The van der Waals surface area contributed by atoms with Crippen molar-refractivity contribution in [3.8, 4) is 17.2 Å². The standard InChI is InChI=1S/C29H30N4O7S2/c1-19-5-10-23-26(15-19)41-29(31-23)33(30-18-20-16-24(37-2)27(39-4)25(17-20)38-3)28(34)21-6-8-22(9-7-21)42(35,36)32-11-13-40-14-12-32/h5-10,15-18H,11-14H2,1-4H3/b30-18+. The molecule has 0 unspecified atom stereocenters. The van der Waals surface area contributed by atoms with E-state index in [2.05, 4.69) is 10.1 Å². The van der Waals surface area contributed by atoms with Crippen LogP contribution in [0.2, 0.25) is 0 Å². The number of carbonyl (C=O) groups is 1. The lowest BCUT2D eigenvalue weighted by Gasteiger charge is -2.26. The van der Waals surface area contributed by atoms with Crippen LogP contribution in [0.5, 0.6) is 17.2 Å². The van der Waals surface area contributed by atoms with Gasteiger partial charge in [-0.2, -0.15) is 14.4 Å². The molecule has 0 aliphatic carbocycles. The summed E-state index contributed by atoms with van der Waals surface area (Å²) < 4.78 is 50.0. The minimum Gasteiger partial charge on any atom is -0.493 e. The molecule has 13 heteroatoms. The molecule has 0 bridgehead atoms. The van der Waals surface area contributed by atoms with Crippen molar-refractivity contribution in [2.45, 2.75) is 11.8 Å². The summed E-state index contributed by atoms with van der Waals surface area (Å²) in [6, 6.07) is 15.1. The molecule has 1 aliphatic rings. The number of nitrogens with zero attached hydrogens (tertiary/aromatic N) is 4. The van der Waals surface area contributed by atoms with Gasteiger partial charge in [0.1, 0.15) is 0 Å². The van der Waals surface area contributed by atoms with E-state index >= 15 is 0 Å². The molecule has 0 atom stereocenters. The Morgan fingerprint density at radius 1 is 1.00 bits per heavy atom. The molecule has 1 saturated heterocycles. The van der Waals surface area contributed by atoms with E-state index in [1.807, 2.05) is 25.1 Å². The quantitative estimate of drug-likeness (QED) is 0.203. The minimum atomic E-state index is -3.71. The Balaban J connectivity index is 1.51. The predicted molar refractivity (Wildman–Crippen MR) is 161 cm³/mol. The second-order valence-electron chi connectivity index (χ2n) is 9.33. The van der Waals surface area contributed by atoms with Gasteiger partial charge in [-0.1, -0.05) is 17.4 Å². The Kier molecular flexibility index (Phi) is 8.73. The maximum Gasteiger partial charge on any atom is 0.280 e. The van der Waals surface area contributed by atoms with Gasteiger partial charge in [0.05, 0.1) is 55.9 Å². The molecule has 3 aromatic carbocycles. The Bertz CT molecular complexity index is 1710. The first kappa shape index (κ1) is 29.5. The summed E-state index contributed by atoms with van der Waals surface area (Å²) >= 11 is 1.32. The summed E-state index contributed by atoms with van der Waals surface area (Å²) in [5.74, 6) is 0.816. The number of benzene rings is 3. The number of hydrogen-bond donors (Lipinski definition) is 0. The SMILES string of the molecule is COc1cc(/C=N/N(C(=O)c2ccc(S(=O)(=O)N3CCOCC3)cc2)c2nc3ccc(C)cc3s2)cc(OC)c1OC. The summed E-state index contributed by atoms with van der Waals surface area (Å²) in [6.07, 6.45) is 1.50. The van der Waals surface area contributed by atoms with Crippen LogP contribution in [-0.4, -0.2) is 77.5 Å². The lowest BCUT2D eigenvalue weighted by molar-refractivity contribution is 0.0730. The highest BCUT2D eigenvalue weighted by Crippen LogP contribution is 2.38. The Morgan fingerprint density at radius 2 is 1.67 bits per heavy atom. The van der Waals surface area contributed by atoms with Crippen LogP contribution in [0.25, 0.3) is 10.2 Å². The van der Waals surface area contributed by atoms with Gasteiger partial charge in [0, 0.05) is 24.2 Å². The van der Waals surface area contributed by atoms with Crippen LogP contribution in [0, 0.1) is 6.92 Å². The molecule has 5 rings (SSSR count). The van der Waals surface area contributed by atoms with Crippen molar-refractivity contribution >= 4 is 48.8 Å². The van der Waals surface area contributed by atoms with Gasteiger partial charge in [-0.15, -0.1) is 0 Å². The second-order valence-corrected chi connectivity index (χ2v) is 12.3. The molecule has 0 N–H and O–H groups in total. The van der Waals surface area contributed by atoms with E-state index in [9.17, 15) is 13.2 Å². The lowest BCUT2D eigenvalue weighted by atomic mass is 10.2. The van der Waals surface area contributed by atoms with Gasteiger partial charge in [-0.25, -0.2) is 13.4 Å². The number of morpholine rings is 1. The second kappa shape index (κ2) is 12.4. The van der Waals surface area contributed by atoms with Gasteiger partial charge >= 0.3 is 0 Å². The number of hydrazone groups is 1. The summed E-state index contributed by atoms with van der Waals surface area (Å²) in [7, 11) is 0.834. The Labute approximate surface area is 247 Å². The fourth-order valence-electron chi connectivity index (χ4n) is 4.43. The van der Waals surface area contributed by atoms with Crippen molar-refractivity contribution in [2.24, 2.45) is 5.10 Å². The number of thiazole rings is 1. The number of sulfonamides is 1. The van der Waals surface area contributed by atoms with Crippen LogP contribution < -0.4 is 19.2 Å². The van der Waals surface area contributed by atoms with E-state index in [0.29, 0.717) is 41.2 Å². The van der Waals surface area contributed by atoms with Crippen molar-refractivity contribution in [3.05, 3.63) is 71.3 Å². The van der Waals surface area contributed by atoms with Gasteiger partial charge in [0.15, 0.2) is 11.5 Å². The summed E-state index contributed by atoms with van der Waals surface area (Å²) in [5, 5.41) is 6.08. The first-order chi connectivity index (χ1) is 20.2. The number of fused-ring (bicyclic) bond motifs is 1. The number of hydrogen-bond acceptors (Lipinski definition) is 10. The van der Waals surface area contributed by atoms with Crippen LogP contribution in [0.1, 0.15) is 21.5 Å². The van der Waals surface area contributed by atoms with Crippen molar-refractivity contribution < 1.29 is 32.2 Å². The fraction of sp³-hybridized carbons (Fsp3) is 0.276. The topological polar surface area (TPSA) is 120 Å². The minimum absolute atomic E-state index is 0.101. The van der Waals surface area contributed by atoms with Crippen molar-refractivity contribution in [3.63, 3.8) is 0 Å². The normalized spacial score (nSPS) is 14.3. The number of rotatable bonds is 9. The van der Waals surface area contributed by atoms with Crippen LogP contribution >= 0.6 is 11.3 Å². The number of aryl methyl sites for hydroxylation is 1. The summed E-state index contributed by atoms with van der Waals surface area (Å²) in [5.41, 5.74) is 2.63. The number of aromatic nitrogens is 1. The maximum atomic E-state index is 13.9. The van der Waals surface area contributed by atoms with Crippen molar-refractivity contribution in [1.29, 1.82) is 0 Å². The zero-order valence-electron chi connectivity index (χ0n) is 23.6. The van der Waals surface area contributed by atoms with Gasteiger partial charge < -0.3 is 18.9 Å². The number of ether oxygens (including phenoxy) is 4. The molecule has 0 radical (unpaired) electrons. The molecular formula is C29H30N4O7S2. The monoisotopic (exact) mass is 610 g/mol. The molecule has 42 heavy (non-hydrogen) atoms. The molecule has 11 nitrogen and oxygen atoms in total. The van der Waals surface area contributed by atoms with Crippen LogP contribution in [0.4, 0.5) is 5.13 Å². The summed E-state index contributed by atoms with van der Waals surface area (Å²) in [6.45, 7) is 3.23. The summed E-state index contributed by atoms with van der Waals surface area (Å²) in [4.78, 5) is 18.6. The average molecular weight is 611 g/mol. The number of anilines is 1. The maximum absolute atomic E-state index is 13.9. The van der Waals surface area contributed by atoms with E-state index in [1.165, 1.54) is 72.5 Å². The molecule has 220 valence electrons. The number of carbonyl (C=O) groups excluding carboxylic acids is 1. The van der Waals surface area contributed by atoms with Gasteiger partial charge in [0.25, 0.3) is 5.91 Å². The average Bonchev–Trinajstić information content (AvgIpc) is 3.43. The third kappa shape index (κ3) is 5.95.